The van der Waals surface area contributed by atoms with E-state index in [0.717, 1.165) is 24.7 Å². The van der Waals surface area contributed by atoms with E-state index in [-0.39, 0.29) is 6.03 Å². The highest BCUT2D eigenvalue weighted by molar-refractivity contribution is 5.89. The van der Waals surface area contributed by atoms with Gasteiger partial charge in [-0.25, -0.2) is 9.59 Å². The molecular weight excluding hydrogens is 272 g/mol. The van der Waals surface area contributed by atoms with Gasteiger partial charge in [-0.3, -0.25) is 0 Å². The normalized spacial score (nSPS) is 17.8. The van der Waals surface area contributed by atoms with Gasteiger partial charge >= 0.3 is 12.0 Å². The zero-order chi connectivity index (χ0) is 15.1. The monoisotopic (exact) mass is 290 g/mol. The predicted molar refractivity (Wildman–Crippen MR) is 79.1 cm³/mol. The summed E-state index contributed by atoms with van der Waals surface area (Å²) < 4.78 is 5.24. The summed E-state index contributed by atoms with van der Waals surface area (Å²) in [7, 11) is 0. The first-order valence-corrected chi connectivity index (χ1v) is 6.77. The van der Waals surface area contributed by atoms with E-state index in [4.69, 9.17) is 9.84 Å². The van der Waals surface area contributed by atoms with Crippen LogP contribution in [0, 0.1) is 5.92 Å². The van der Waals surface area contributed by atoms with Crippen molar-refractivity contribution in [2.24, 2.45) is 5.92 Å². The third-order valence-electron chi connectivity index (χ3n) is 3.16. The molecule has 1 saturated heterocycles. The van der Waals surface area contributed by atoms with E-state index in [1.807, 2.05) is 0 Å². The molecule has 0 saturated carbocycles. The van der Waals surface area contributed by atoms with Crippen LogP contribution in [0.3, 0.4) is 0 Å². The molecule has 2 amide bonds. The van der Waals surface area contributed by atoms with Crippen molar-refractivity contribution >= 4 is 23.8 Å². The topological polar surface area (TPSA) is 87.7 Å². The number of hydrogen-bond donors (Lipinski definition) is 3. The Morgan fingerprint density at radius 1 is 1.33 bits per heavy atom. The zero-order valence-electron chi connectivity index (χ0n) is 11.5. The average molecular weight is 290 g/mol. The fourth-order valence-corrected chi connectivity index (χ4v) is 2.00. The minimum Gasteiger partial charge on any atom is -0.478 e. The van der Waals surface area contributed by atoms with Crippen molar-refractivity contribution in [2.75, 3.05) is 25.1 Å². The highest BCUT2D eigenvalue weighted by Gasteiger charge is 2.16. The Morgan fingerprint density at radius 3 is 2.71 bits per heavy atom. The number of aliphatic carboxylic acids is 1. The Morgan fingerprint density at radius 2 is 2.10 bits per heavy atom. The molecule has 1 aliphatic rings. The first-order valence-electron chi connectivity index (χ1n) is 6.77. The van der Waals surface area contributed by atoms with Crippen LogP contribution in [-0.4, -0.2) is 36.9 Å². The van der Waals surface area contributed by atoms with Crippen LogP contribution in [0.1, 0.15) is 12.0 Å². The van der Waals surface area contributed by atoms with Crippen molar-refractivity contribution in [3.8, 4) is 0 Å². The van der Waals surface area contributed by atoms with Crippen LogP contribution in [0.2, 0.25) is 0 Å². The van der Waals surface area contributed by atoms with Gasteiger partial charge in [0.2, 0.25) is 0 Å². The summed E-state index contributed by atoms with van der Waals surface area (Å²) in [5.74, 6) is -0.605. The van der Waals surface area contributed by atoms with E-state index in [0.29, 0.717) is 24.8 Å². The number of nitrogens with one attached hydrogen (secondary N) is 2. The molecule has 0 aromatic heterocycles. The average Bonchev–Trinajstić information content (AvgIpc) is 2.98. The van der Waals surface area contributed by atoms with E-state index >= 15 is 0 Å². The number of urea groups is 1. The molecule has 112 valence electrons. The number of carboxylic acid groups (broad SMARTS) is 1. The molecule has 1 atom stereocenters. The highest BCUT2D eigenvalue weighted by atomic mass is 16.5. The van der Waals surface area contributed by atoms with Crippen molar-refractivity contribution in [2.45, 2.75) is 6.42 Å². The Kier molecular flexibility index (Phi) is 5.34. The van der Waals surface area contributed by atoms with Crippen molar-refractivity contribution in [3.05, 3.63) is 35.9 Å². The SMILES string of the molecule is O=C(O)C=Cc1ccc(NC(=O)NCC2CCOC2)cc1. The van der Waals surface area contributed by atoms with Gasteiger partial charge in [0.15, 0.2) is 0 Å². The lowest BCUT2D eigenvalue weighted by Gasteiger charge is -2.10. The molecule has 1 fully saturated rings. The molecule has 0 bridgehead atoms. The molecule has 0 radical (unpaired) electrons. The first-order chi connectivity index (χ1) is 10.1. The molecule has 1 aromatic rings. The molecule has 1 aliphatic heterocycles. The van der Waals surface area contributed by atoms with Crippen LogP contribution in [0.15, 0.2) is 30.3 Å². The summed E-state index contributed by atoms with van der Waals surface area (Å²) in [5, 5.41) is 14.1. The van der Waals surface area contributed by atoms with Crippen LogP contribution < -0.4 is 10.6 Å². The molecule has 21 heavy (non-hydrogen) atoms. The molecule has 0 spiro atoms. The summed E-state index contributed by atoms with van der Waals surface area (Å²) in [6.45, 7) is 2.06. The number of carbonyl (C=O) groups excluding carboxylic acids is 1. The quantitative estimate of drug-likeness (QED) is 0.723. The molecule has 1 aromatic carbocycles. The van der Waals surface area contributed by atoms with Gasteiger partial charge in [-0.15, -0.1) is 0 Å². The Hall–Kier alpha value is -2.34. The molecule has 6 heteroatoms. The lowest BCUT2D eigenvalue weighted by Crippen LogP contribution is -2.33. The smallest absolute Gasteiger partial charge is 0.328 e. The Bertz CT molecular complexity index is 519. The van der Waals surface area contributed by atoms with E-state index in [1.54, 1.807) is 24.3 Å². The molecule has 6 nitrogen and oxygen atoms in total. The Balaban J connectivity index is 1.79. The van der Waals surface area contributed by atoms with E-state index < -0.39 is 5.97 Å². The van der Waals surface area contributed by atoms with Crippen molar-refractivity contribution in [3.63, 3.8) is 0 Å². The van der Waals surface area contributed by atoms with Gasteiger partial charge in [-0.1, -0.05) is 12.1 Å². The second kappa shape index (κ2) is 7.44. The maximum Gasteiger partial charge on any atom is 0.328 e. The summed E-state index contributed by atoms with van der Waals surface area (Å²) in [5.41, 5.74) is 1.41. The van der Waals surface area contributed by atoms with E-state index in [9.17, 15) is 9.59 Å². The second-order valence-electron chi connectivity index (χ2n) is 4.86. The fraction of sp³-hybridized carbons (Fsp3) is 0.333. The third-order valence-corrected chi connectivity index (χ3v) is 3.16. The van der Waals surface area contributed by atoms with Gasteiger partial charge in [0.1, 0.15) is 0 Å². The largest absolute Gasteiger partial charge is 0.478 e. The third kappa shape index (κ3) is 5.27. The van der Waals surface area contributed by atoms with Crippen molar-refractivity contribution < 1.29 is 19.4 Å². The van der Waals surface area contributed by atoms with Crippen molar-refractivity contribution in [1.82, 2.24) is 5.32 Å². The van der Waals surface area contributed by atoms with Crippen LogP contribution in [0.4, 0.5) is 10.5 Å². The number of hydrogen-bond acceptors (Lipinski definition) is 3. The summed E-state index contributed by atoms with van der Waals surface area (Å²) in [4.78, 5) is 22.1. The lowest BCUT2D eigenvalue weighted by atomic mass is 10.1. The summed E-state index contributed by atoms with van der Waals surface area (Å²) >= 11 is 0. The number of carboxylic acids is 1. The number of benzene rings is 1. The van der Waals surface area contributed by atoms with Gasteiger partial charge in [0, 0.05) is 30.8 Å². The number of amides is 2. The van der Waals surface area contributed by atoms with Gasteiger partial charge in [-0.05, 0) is 30.2 Å². The van der Waals surface area contributed by atoms with Gasteiger partial charge < -0.3 is 20.5 Å². The van der Waals surface area contributed by atoms with Crippen LogP contribution in [-0.2, 0) is 9.53 Å². The minimum atomic E-state index is -0.993. The molecule has 1 unspecified atom stereocenters. The van der Waals surface area contributed by atoms with Gasteiger partial charge in [0.05, 0.1) is 6.61 Å². The van der Waals surface area contributed by atoms with Crippen LogP contribution in [0.5, 0.6) is 0 Å². The highest BCUT2D eigenvalue weighted by Crippen LogP contribution is 2.12. The zero-order valence-corrected chi connectivity index (χ0v) is 11.5. The second-order valence-corrected chi connectivity index (χ2v) is 4.86. The van der Waals surface area contributed by atoms with E-state index in [1.165, 1.54) is 6.08 Å². The Labute approximate surface area is 122 Å². The minimum absolute atomic E-state index is 0.254. The van der Waals surface area contributed by atoms with E-state index in [2.05, 4.69) is 10.6 Å². The number of rotatable bonds is 5. The standard InChI is InChI=1S/C15H18N2O4/c18-14(19)6-3-11-1-4-13(5-2-11)17-15(20)16-9-12-7-8-21-10-12/h1-6,12H,7-10H2,(H,18,19)(H2,16,17,20). The molecular formula is C15H18N2O4. The van der Waals surface area contributed by atoms with Gasteiger partial charge in [0.25, 0.3) is 0 Å². The van der Waals surface area contributed by atoms with Crippen molar-refractivity contribution in [1.29, 1.82) is 0 Å². The summed E-state index contributed by atoms with van der Waals surface area (Å²) in [6.07, 6.45) is 3.54. The summed E-state index contributed by atoms with van der Waals surface area (Å²) in [6, 6.07) is 6.66. The fourth-order valence-electron chi connectivity index (χ4n) is 2.00. The maximum atomic E-state index is 11.7. The predicted octanol–water partition coefficient (Wildman–Crippen LogP) is 1.94. The molecule has 2 rings (SSSR count). The first kappa shape index (κ1) is 15.1. The molecule has 1 heterocycles. The lowest BCUT2D eigenvalue weighted by molar-refractivity contribution is -0.131. The molecule has 0 aliphatic carbocycles. The van der Waals surface area contributed by atoms with Gasteiger partial charge in [-0.2, -0.15) is 0 Å². The number of ether oxygens (including phenoxy) is 1. The molecule has 3 N–H and O–H groups in total. The van der Waals surface area contributed by atoms with Crippen LogP contribution in [0.25, 0.3) is 6.08 Å². The number of anilines is 1. The maximum absolute atomic E-state index is 11.7. The van der Waals surface area contributed by atoms with Crippen LogP contribution >= 0.6 is 0 Å². The number of carbonyl (C=O) groups is 2.